The lowest BCUT2D eigenvalue weighted by Gasteiger charge is -2.14. The fourth-order valence-corrected chi connectivity index (χ4v) is 1.32. The van der Waals surface area contributed by atoms with Gasteiger partial charge in [-0.15, -0.1) is 0 Å². The van der Waals surface area contributed by atoms with Crippen LogP contribution >= 0.6 is 0 Å². The number of rotatable bonds is 7. The molecule has 84 valence electrons. The summed E-state index contributed by atoms with van der Waals surface area (Å²) in [6, 6.07) is 0. The van der Waals surface area contributed by atoms with E-state index in [0.717, 1.165) is 12.8 Å². The van der Waals surface area contributed by atoms with Crippen LogP contribution in [0, 0.1) is 5.92 Å². The summed E-state index contributed by atoms with van der Waals surface area (Å²) < 4.78 is 5.56. The van der Waals surface area contributed by atoms with E-state index in [4.69, 9.17) is 15.7 Å². The first-order chi connectivity index (χ1) is 6.56. The Morgan fingerprint density at radius 3 is 2.57 bits per heavy atom. The van der Waals surface area contributed by atoms with Crippen LogP contribution in [-0.2, 0) is 4.74 Å². The SMILES string of the molecule is CC(C)CC(C)OCCC/C(N)=N/O. The van der Waals surface area contributed by atoms with E-state index >= 15 is 0 Å². The Morgan fingerprint density at radius 1 is 1.43 bits per heavy atom. The zero-order valence-corrected chi connectivity index (χ0v) is 9.36. The van der Waals surface area contributed by atoms with Crippen LogP contribution in [0.25, 0.3) is 0 Å². The zero-order valence-electron chi connectivity index (χ0n) is 9.36. The lowest BCUT2D eigenvalue weighted by Crippen LogP contribution is -2.15. The van der Waals surface area contributed by atoms with Gasteiger partial charge in [0.15, 0.2) is 0 Å². The van der Waals surface area contributed by atoms with Crippen molar-refractivity contribution < 1.29 is 9.94 Å². The molecule has 0 aliphatic rings. The molecule has 0 radical (unpaired) electrons. The molecule has 0 heterocycles. The normalized spacial score (nSPS) is 14.7. The predicted molar refractivity (Wildman–Crippen MR) is 57.5 cm³/mol. The first-order valence-electron chi connectivity index (χ1n) is 5.14. The molecule has 1 unspecified atom stereocenters. The van der Waals surface area contributed by atoms with E-state index in [0.29, 0.717) is 25.0 Å². The van der Waals surface area contributed by atoms with Crippen molar-refractivity contribution in [1.29, 1.82) is 0 Å². The summed E-state index contributed by atoms with van der Waals surface area (Å²) in [6.07, 6.45) is 2.76. The Labute approximate surface area is 86.1 Å². The molecule has 0 aliphatic carbocycles. The molecular weight excluding hydrogens is 180 g/mol. The van der Waals surface area contributed by atoms with Gasteiger partial charge in [0, 0.05) is 13.0 Å². The van der Waals surface area contributed by atoms with Gasteiger partial charge in [0.25, 0.3) is 0 Å². The smallest absolute Gasteiger partial charge is 0.139 e. The maximum Gasteiger partial charge on any atom is 0.139 e. The lowest BCUT2D eigenvalue weighted by atomic mass is 10.1. The standard InChI is InChI=1S/C10H22N2O2/c1-8(2)7-9(3)14-6-4-5-10(11)12-13/h8-9,13H,4-7H2,1-3H3,(H2,11,12). The Morgan fingerprint density at radius 2 is 2.07 bits per heavy atom. The first kappa shape index (κ1) is 13.2. The van der Waals surface area contributed by atoms with Crippen molar-refractivity contribution in [1.82, 2.24) is 0 Å². The van der Waals surface area contributed by atoms with E-state index in [1.165, 1.54) is 0 Å². The van der Waals surface area contributed by atoms with Gasteiger partial charge in [-0.1, -0.05) is 19.0 Å². The fraction of sp³-hybridized carbons (Fsp3) is 0.900. The average Bonchev–Trinajstić information content (AvgIpc) is 2.10. The van der Waals surface area contributed by atoms with E-state index in [-0.39, 0.29) is 5.84 Å². The van der Waals surface area contributed by atoms with Crippen LogP contribution in [0.5, 0.6) is 0 Å². The average molecular weight is 202 g/mol. The number of ether oxygens (including phenoxy) is 1. The molecule has 4 heteroatoms. The van der Waals surface area contributed by atoms with Crippen molar-refractivity contribution in [3.8, 4) is 0 Å². The number of hydrogen-bond donors (Lipinski definition) is 2. The lowest BCUT2D eigenvalue weighted by molar-refractivity contribution is 0.0512. The van der Waals surface area contributed by atoms with Crippen LogP contribution in [-0.4, -0.2) is 23.8 Å². The van der Waals surface area contributed by atoms with Gasteiger partial charge in [-0.05, 0) is 25.7 Å². The van der Waals surface area contributed by atoms with Crippen molar-refractivity contribution in [2.75, 3.05) is 6.61 Å². The molecule has 0 aromatic carbocycles. The largest absolute Gasteiger partial charge is 0.409 e. The molecule has 0 aliphatic heterocycles. The molecule has 0 spiro atoms. The van der Waals surface area contributed by atoms with Gasteiger partial charge < -0.3 is 15.7 Å². The summed E-state index contributed by atoms with van der Waals surface area (Å²) in [6.45, 7) is 7.10. The van der Waals surface area contributed by atoms with Crippen LogP contribution in [0.3, 0.4) is 0 Å². The van der Waals surface area contributed by atoms with E-state index < -0.39 is 0 Å². The van der Waals surface area contributed by atoms with Gasteiger partial charge >= 0.3 is 0 Å². The van der Waals surface area contributed by atoms with Crippen molar-refractivity contribution in [2.24, 2.45) is 16.8 Å². The number of nitrogens with two attached hydrogens (primary N) is 1. The van der Waals surface area contributed by atoms with Crippen LogP contribution in [0.4, 0.5) is 0 Å². The van der Waals surface area contributed by atoms with E-state index in [1.807, 2.05) is 0 Å². The molecule has 0 saturated heterocycles. The molecule has 3 N–H and O–H groups in total. The second-order valence-corrected chi connectivity index (χ2v) is 4.01. The van der Waals surface area contributed by atoms with Gasteiger partial charge in [-0.3, -0.25) is 0 Å². The van der Waals surface area contributed by atoms with Crippen molar-refractivity contribution in [2.45, 2.75) is 46.1 Å². The van der Waals surface area contributed by atoms with Crippen molar-refractivity contribution >= 4 is 5.84 Å². The molecule has 0 amide bonds. The van der Waals surface area contributed by atoms with E-state index in [9.17, 15) is 0 Å². The highest BCUT2D eigenvalue weighted by Gasteiger charge is 2.04. The number of nitrogens with zero attached hydrogens (tertiary/aromatic N) is 1. The van der Waals surface area contributed by atoms with Crippen LogP contribution in [0.15, 0.2) is 5.16 Å². The van der Waals surface area contributed by atoms with Gasteiger partial charge in [0.2, 0.25) is 0 Å². The van der Waals surface area contributed by atoms with Crippen LogP contribution in [0.2, 0.25) is 0 Å². The fourth-order valence-electron chi connectivity index (χ4n) is 1.32. The number of amidine groups is 1. The second kappa shape index (κ2) is 7.62. The molecule has 4 nitrogen and oxygen atoms in total. The highest BCUT2D eigenvalue weighted by Crippen LogP contribution is 2.07. The Bertz CT molecular complexity index is 170. The highest BCUT2D eigenvalue weighted by atomic mass is 16.5. The van der Waals surface area contributed by atoms with Gasteiger partial charge in [0.1, 0.15) is 5.84 Å². The topological polar surface area (TPSA) is 67.8 Å². The van der Waals surface area contributed by atoms with Crippen molar-refractivity contribution in [3.05, 3.63) is 0 Å². The molecule has 0 aromatic heterocycles. The first-order valence-corrected chi connectivity index (χ1v) is 5.14. The number of oxime groups is 1. The minimum absolute atomic E-state index is 0.269. The third-order valence-corrected chi connectivity index (χ3v) is 1.91. The minimum atomic E-state index is 0.269. The number of hydrogen-bond acceptors (Lipinski definition) is 3. The monoisotopic (exact) mass is 202 g/mol. The van der Waals surface area contributed by atoms with Crippen LogP contribution < -0.4 is 5.73 Å². The van der Waals surface area contributed by atoms with E-state index in [2.05, 4.69) is 25.9 Å². The maximum atomic E-state index is 8.28. The molecule has 0 fully saturated rings. The van der Waals surface area contributed by atoms with Gasteiger partial charge in [-0.25, -0.2) is 0 Å². The van der Waals surface area contributed by atoms with Gasteiger partial charge in [0.05, 0.1) is 6.10 Å². The Balaban J connectivity index is 3.36. The third-order valence-electron chi connectivity index (χ3n) is 1.91. The predicted octanol–water partition coefficient (Wildman–Crippen LogP) is 1.96. The highest BCUT2D eigenvalue weighted by molar-refractivity contribution is 5.79. The summed E-state index contributed by atoms with van der Waals surface area (Å²) >= 11 is 0. The minimum Gasteiger partial charge on any atom is -0.409 e. The molecule has 1 atom stereocenters. The summed E-state index contributed by atoms with van der Waals surface area (Å²) in [4.78, 5) is 0. The molecule has 0 bridgehead atoms. The van der Waals surface area contributed by atoms with Gasteiger partial charge in [-0.2, -0.15) is 0 Å². The zero-order chi connectivity index (χ0) is 11.0. The Kier molecular flexibility index (Phi) is 7.20. The molecular formula is C10H22N2O2. The maximum absolute atomic E-state index is 8.28. The molecule has 0 saturated carbocycles. The van der Waals surface area contributed by atoms with E-state index in [1.54, 1.807) is 0 Å². The summed E-state index contributed by atoms with van der Waals surface area (Å²) in [7, 11) is 0. The quantitative estimate of drug-likeness (QED) is 0.218. The molecule has 0 aromatic rings. The third kappa shape index (κ3) is 7.86. The summed E-state index contributed by atoms with van der Waals surface area (Å²) in [5.41, 5.74) is 5.32. The summed E-state index contributed by atoms with van der Waals surface area (Å²) in [5, 5.41) is 11.2. The van der Waals surface area contributed by atoms with Crippen LogP contribution in [0.1, 0.15) is 40.0 Å². The molecule has 0 rings (SSSR count). The Hall–Kier alpha value is -0.770. The second-order valence-electron chi connectivity index (χ2n) is 4.01. The van der Waals surface area contributed by atoms with Crippen molar-refractivity contribution in [3.63, 3.8) is 0 Å². The summed E-state index contributed by atoms with van der Waals surface area (Å²) in [5.74, 6) is 0.930. The molecule has 14 heavy (non-hydrogen) atoms.